The Morgan fingerprint density at radius 3 is 2.55 bits per heavy atom. The molecule has 0 aromatic rings. The molecule has 186 valence electrons. The maximum Gasteiger partial charge on any atom is 0.136 e. The zero-order chi connectivity index (χ0) is 23.8. The van der Waals surface area contributed by atoms with Crippen molar-refractivity contribution in [1.82, 2.24) is 0 Å². The summed E-state index contributed by atoms with van der Waals surface area (Å²) in [5.41, 5.74) is 2.30. The summed E-state index contributed by atoms with van der Waals surface area (Å²) in [6, 6.07) is 0. The largest absolute Gasteiger partial charge is 0.299 e. The van der Waals surface area contributed by atoms with Crippen LogP contribution in [-0.2, 0) is 4.79 Å². The Morgan fingerprint density at radius 2 is 1.82 bits per heavy atom. The van der Waals surface area contributed by atoms with Crippen LogP contribution in [0.15, 0.2) is 23.8 Å². The average Bonchev–Trinajstić information content (AvgIpc) is 3.11. The fourth-order valence-electron chi connectivity index (χ4n) is 9.31. The predicted molar refractivity (Wildman–Crippen MR) is 141 cm³/mol. The number of hydrogen-bond donors (Lipinski definition) is 0. The average molecular weight is 453 g/mol. The van der Waals surface area contributed by atoms with E-state index in [-0.39, 0.29) is 5.41 Å². The van der Waals surface area contributed by atoms with Gasteiger partial charge in [0.05, 0.1) is 0 Å². The minimum absolute atomic E-state index is 0.198. The molecule has 4 aliphatic rings. The van der Waals surface area contributed by atoms with Gasteiger partial charge in [-0.1, -0.05) is 85.5 Å². The van der Waals surface area contributed by atoms with Crippen molar-refractivity contribution in [3.05, 3.63) is 23.8 Å². The number of fused-ring (bicyclic) bond motifs is 5. The van der Waals surface area contributed by atoms with Gasteiger partial charge in [-0.15, -0.1) is 0 Å². The van der Waals surface area contributed by atoms with Gasteiger partial charge in [0.15, 0.2) is 0 Å². The molecule has 0 N–H and O–H groups in total. The number of ketones is 1. The molecule has 2 saturated carbocycles. The maximum absolute atomic E-state index is 12.4. The summed E-state index contributed by atoms with van der Waals surface area (Å²) in [7, 11) is 0. The molecule has 0 radical (unpaired) electrons. The van der Waals surface area contributed by atoms with Gasteiger partial charge in [0.25, 0.3) is 0 Å². The van der Waals surface area contributed by atoms with Crippen molar-refractivity contribution in [1.29, 1.82) is 0 Å². The topological polar surface area (TPSA) is 17.1 Å². The molecule has 4 aliphatic carbocycles. The van der Waals surface area contributed by atoms with Crippen LogP contribution in [0.5, 0.6) is 0 Å². The van der Waals surface area contributed by atoms with Crippen molar-refractivity contribution in [3.63, 3.8) is 0 Å². The molecule has 0 bridgehead atoms. The van der Waals surface area contributed by atoms with E-state index in [0.29, 0.717) is 17.6 Å². The lowest BCUT2D eigenvalue weighted by Crippen LogP contribution is -2.52. The van der Waals surface area contributed by atoms with Crippen LogP contribution in [0, 0.1) is 52.3 Å². The van der Waals surface area contributed by atoms with Crippen molar-refractivity contribution in [2.45, 2.75) is 119 Å². The van der Waals surface area contributed by atoms with Crippen molar-refractivity contribution in [2.24, 2.45) is 52.3 Å². The van der Waals surface area contributed by atoms with Gasteiger partial charge in [-0.3, -0.25) is 4.79 Å². The molecule has 0 aromatic heterocycles. The van der Waals surface area contributed by atoms with Gasteiger partial charge in [0.1, 0.15) is 5.78 Å². The Labute approximate surface area is 205 Å². The van der Waals surface area contributed by atoms with Crippen molar-refractivity contribution in [2.75, 3.05) is 0 Å². The zero-order valence-corrected chi connectivity index (χ0v) is 22.7. The lowest BCUT2D eigenvalue weighted by atomic mass is 9.45. The second-order valence-corrected chi connectivity index (χ2v) is 13.5. The lowest BCUT2D eigenvalue weighted by Gasteiger charge is -2.59. The Hall–Kier alpha value is -0.850. The number of allylic oxidation sites excluding steroid dienone is 4. The smallest absolute Gasteiger partial charge is 0.136 e. The molecule has 1 heteroatoms. The standard InChI is InChI=1S/C32H52O/c1-7-10-24-21-25-13-9-14-26(33)17-19-31(25,5)29-18-20-32(6)27(15-16-28(32)30(24)29)23(4)12-8-11-22(2)3/h9,13,21-24,27-30H,7-8,10-12,14-20H2,1-6H3/b13-9+/t23?,24-,27?,28?,29?,30?,31-,32+/m0/s1. The third-order valence-corrected chi connectivity index (χ3v) is 11.1. The van der Waals surface area contributed by atoms with Crippen LogP contribution in [0.3, 0.4) is 0 Å². The van der Waals surface area contributed by atoms with Gasteiger partial charge in [-0.05, 0) is 96.4 Å². The quantitative estimate of drug-likeness (QED) is 0.376. The highest BCUT2D eigenvalue weighted by Crippen LogP contribution is 2.68. The van der Waals surface area contributed by atoms with Crippen LogP contribution in [0.2, 0.25) is 0 Å². The third-order valence-electron chi connectivity index (χ3n) is 11.1. The van der Waals surface area contributed by atoms with E-state index in [4.69, 9.17) is 0 Å². The molecule has 0 aliphatic heterocycles. The number of Topliss-reactive ketones (excluding diaryl/α,β-unsaturated/α-hetero) is 1. The van der Waals surface area contributed by atoms with E-state index in [1.165, 1.54) is 57.8 Å². The van der Waals surface area contributed by atoms with Crippen LogP contribution < -0.4 is 0 Å². The highest BCUT2D eigenvalue weighted by Gasteiger charge is 2.60. The van der Waals surface area contributed by atoms with E-state index >= 15 is 0 Å². The molecule has 2 fully saturated rings. The minimum Gasteiger partial charge on any atom is -0.299 e. The van der Waals surface area contributed by atoms with Crippen LogP contribution in [-0.4, -0.2) is 5.78 Å². The molecule has 8 atom stereocenters. The molecule has 0 spiro atoms. The van der Waals surface area contributed by atoms with E-state index < -0.39 is 0 Å². The fourth-order valence-corrected chi connectivity index (χ4v) is 9.31. The first-order valence-electron chi connectivity index (χ1n) is 14.6. The van der Waals surface area contributed by atoms with Gasteiger partial charge in [-0.25, -0.2) is 0 Å². The predicted octanol–water partition coefficient (Wildman–Crippen LogP) is 9.18. The normalized spacial score (nSPS) is 42.6. The summed E-state index contributed by atoms with van der Waals surface area (Å²) in [5, 5.41) is 0. The Bertz CT molecular complexity index is 758. The molecule has 0 heterocycles. The van der Waals surface area contributed by atoms with E-state index in [9.17, 15) is 4.79 Å². The molecule has 5 unspecified atom stereocenters. The van der Waals surface area contributed by atoms with E-state index in [0.717, 1.165) is 54.3 Å². The Kier molecular flexibility index (Phi) is 7.67. The summed E-state index contributed by atoms with van der Waals surface area (Å²) in [5.74, 6) is 6.26. The number of carbonyl (C=O) groups is 1. The molecular weight excluding hydrogens is 400 g/mol. The first-order valence-corrected chi connectivity index (χ1v) is 14.6. The summed E-state index contributed by atoms with van der Waals surface area (Å²) >= 11 is 0. The van der Waals surface area contributed by atoms with Crippen LogP contribution in [0.25, 0.3) is 0 Å². The molecular formula is C32H52O. The Morgan fingerprint density at radius 1 is 1.03 bits per heavy atom. The molecule has 4 rings (SSSR count). The highest BCUT2D eigenvalue weighted by molar-refractivity contribution is 5.80. The Balaban J connectivity index is 1.62. The zero-order valence-electron chi connectivity index (χ0n) is 22.7. The van der Waals surface area contributed by atoms with Crippen LogP contribution in [0.4, 0.5) is 0 Å². The first-order chi connectivity index (χ1) is 15.7. The SMILES string of the molecule is CCC[C@H]1C=C2/C=C/CC(=O)CC[C@]2(C)C2CC[C@]3(C)C(C(C)CCCC(C)C)CCC3C21. The number of rotatable bonds is 7. The number of hydrogen-bond acceptors (Lipinski definition) is 1. The lowest BCUT2D eigenvalue weighted by molar-refractivity contribution is -0.119. The van der Waals surface area contributed by atoms with Crippen LogP contribution >= 0.6 is 0 Å². The summed E-state index contributed by atoms with van der Waals surface area (Å²) < 4.78 is 0. The monoisotopic (exact) mass is 452 g/mol. The summed E-state index contributed by atoms with van der Waals surface area (Å²) in [4.78, 5) is 12.4. The second kappa shape index (κ2) is 10.0. The number of carbonyl (C=O) groups excluding carboxylic acids is 1. The van der Waals surface area contributed by atoms with E-state index in [1.807, 2.05) is 0 Å². The van der Waals surface area contributed by atoms with Gasteiger partial charge in [0.2, 0.25) is 0 Å². The highest BCUT2D eigenvalue weighted by atomic mass is 16.1. The van der Waals surface area contributed by atoms with Gasteiger partial charge < -0.3 is 0 Å². The molecule has 33 heavy (non-hydrogen) atoms. The van der Waals surface area contributed by atoms with E-state index in [2.05, 4.69) is 59.8 Å². The summed E-state index contributed by atoms with van der Waals surface area (Å²) in [6.07, 6.45) is 22.3. The second-order valence-electron chi connectivity index (χ2n) is 13.5. The summed E-state index contributed by atoms with van der Waals surface area (Å²) in [6.45, 7) is 14.9. The first kappa shape index (κ1) is 25.2. The molecule has 1 nitrogen and oxygen atoms in total. The third kappa shape index (κ3) is 4.69. The molecule has 0 aromatic carbocycles. The van der Waals surface area contributed by atoms with Crippen molar-refractivity contribution in [3.8, 4) is 0 Å². The van der Waals surface area contributed by atoms with Crippen LogP contribution in [0.1, 0.15) is 119 Å². The maximum atomic E-state index is 12.4. The van der Waals surface area contributed by atoms with Gasteiger partial charge >= 0.3 is 0 Å². The van der Waals surface area contributed by atoms with Gasteiger partial charge in [-0.2, -0.15) is 0 Å². The molecule has 0 saturated heterocycles. The van der Waals surface area contributed by atoms with Crippen molar-refractivity contribution < 1.29 is 4.79 Å². The van der Waals surface area contributed by atoms with E-state index in [1.54, 1.807) is 5.57 Å². The fraction of sp³-hybridized carbons (Fsp3) is 0.844. The van der Waals surface area contributed by atoms with Crippen molar-refractivity contribution >= 4 is 5.78 Å². The van der Waals surface area contributed by atoms with Gasteiger partial charge in [0, 0.05) is 12.8 Å². The minimum atomic E-state index is 0.198. The molecule has 0 amide bonds.